The summed E-state index contributed by atoms with van der Waals surface area (Å²) in [6.07, 6.45) is 5.09. The van der Waals surface area contributed by atoms with Crippen LogP contribution in [0.1, 0.15) is 25.5 Å². The molecule has 0 fully saturated rings. The molecule has 0 aliphatic carbocycles. The Balaban J connectivity index is 2.51. The molecule has 0 amide bonds. The van der Waals surface area contributed by atoms with E-state index in [2.05, 4.69) is 29.9 Å². The zero-order valence-corrected chi connectivity index (χ0v) is 8.30. The van der Waals surface area contributed by atoms with Crippen LogP contribution in [-0.2, 0) is 13.0 Å². The van der Waals surface area contributed by atoms with Crippen molar-refractivity contribution in [2.75, 3.05) is 5.75 Å². The fourth-order valence-electron chi connectivity index (χ4n) is 1.13. The number of nitrogens with zero attached hydrogens (tertiary/aromatic N) is 3. The molecule has 0 atom stereocenters. The van der Waals surface area contributed by atoms with Gasteiger partial charge in [-0.15, -0.1) is 5.10 Å². The van der Waals surface area contributed by atoms with Gasteiger partial charge in [0.2, 0.25) is 0 Å². The molecule has 0 saturated carbocycles. The van der Waals surface area contributed by atoms with Gasteiger partial charge in [0, 0.05) is 6.54 Å². The van der Waals surface area contributed by atoms with Gasteiger partial charge >= 0.3 is 0 Å². The van der Waals surface area contributed by atoms with Crippen molar-refractivity contribution in [2.24, 2.45) is 0 Å². The van der Waals surface area contributed by atoms with E-state index in [4.69, 9.17) is 0 Å². The molecule has 0 saturated heterocycles. The van der Waals surface area contributed by atoms with E-state index in [1.165, 1.54) is 5.69 Å². The molecule has 0 bridgehead atoms. The van der Waals surface area contributed by atoms with Gasteiger partial charge in [0.25, 0.3) is 0 Å². The standard InChI is InChI=1S/C8H15N3S/c1-2-5-11-8(4-3-6-12)7-9-10-11/h7,12H,2-6H2,1H3. The number of hydrogen-bond acceptors (Lipinski definition) is 3. The van der Waals surface area contributed by atoms with Crippen LogP contribution in [0, 0.1) is 0 Å². The highest BCUT2D eigenvalue weighted by atomic mass is 32.1. The first-order chi connectivity index (χ1) is 5.88. The minimum absolute atomic E-state index is 0.928. The van der Waals surface area contributed by atoms with E-state index in [9.17, 15) is 0 Å². The van der Waals surface area contributed by atoms with Gasteiger partial charge in [-0.3, -0.25) is 0 Å². The second-order valence-corrected chi connectivity index (χ2v) is 3.22. The molecular formula is C8H15N3S. The van der Waals surface area contributed by atoms with Crippen LogP contribution < -0.4 is 0 Å². The zero-order valence-electron chi connectivity index (χ0n) is 7.40. The van der Waals surface area contributed by atoms with Crippen molar-refractivity contribution >= 4 is 12.6 Å². The average molecular weight is 185 g/mol. The summed E-state index contributed by atoms with van der Waals surface area (Å²) in [4.78, 5) is 0. The quantitative estimate of drug-likeness (QED) is 0.706. The lowest BCUT2D eigenvalue weighted by Gasteiger charge is -2.02. The first kappa shape index (κ1) is 9.58. The maximum Gasteiger partial charge on any atom is 0.0725 e. The predicted molar refractivity (Wildman–Crippen MR) is 52.5 cm³/mol. The minimum atomic E-state index is 0.928. The Kier molecular flexibility index (Phi) is 4.14. The number of aryl methyl sites for hydroxylation is 2. The molecule has 0 unspecified atom stereocenters. The Morgan fingerprint density at radius 2 is 2.42 bits per heavy atom. The molecule has 4 heteroatoms. The van der Waals surface area contributed by atoms with E-state index in [0.29, 0.717) is 0 Å². The maximum absolute atomic E-state index is 4.17. The Bertz CT molecular complexity index is 222. The molecule has 0 spiro atoms. The Morgan fingerprint density at radius 3 is 3.08 bits per heavy atom. The smallest absolute Gasteiger partial charge is 0.0725 e. The summed E-state index contributed by atoms with van der Waals surface area (Å²) in [6.45, 7) is 3.12. The van der Waals surface area contributed by atoms with Crippen LogP contribution in [0.15, 0.2) is 6.20 Å². The van der Waals surface area contributed by atoms with Crippen molar-refractivity contribution in [1.82, 2.24) is 15.0 Å². The lowest BCUT2D eigenvalue weighted by molar-refractivity contribution is 0.553. The van der Waals surface area contributed by atoms with Gasteiger partial charge in [0.05, 0.1) is 11.9 Å². The molecule has 1 aromatic heterocycles. The van der Waals surface area contributed by atoms with Crippen LogP contribution in [-0.4, -0.2) is 20.7 Å². The van der Waals surface area contributed by atoms with Crippen LogP contribution in [0.3, 0.4) is 0 Å². The van der Waals surface area contributed by atoms with Gasteiger partial charge in [-0.25, -0.2) is 4.68 Å². The first-order valence-electron chi connectivity index (χ1n) is 4.36. The summed E-state index contributed by atoms with van der Waals surface area (Å²) in [5.74, 6) is 0.928. The number of aromatic nitrogens is 3. The van der Waals surface area contributed by atoms with Gasteiger partial charge in [0.1, 0.15) is 0 Å². The second-order valence-electron chi connectivity index (χ2n) is 2.78. The lowest BCUT2D eigenvalue weighted by Crippen LogP contribution is -2.04. The molecular weight excluding hydrogens is 170 g/mol. The molecule has 1 heterocycles. The predicted octanol–water partition coefficient (Wildman–Crippen LogP) is 1.55. The van der Waals surface area contributed by atoms with Gasteiger partial charge in [-0.05, 0) is 25.0 Å². The highest BCUT2D eigenvalue weighted by Crippen LogP contribution is 2.02. The summed E-state index contributed by atoms with van der Waals surface area (Å²) >= 11 is 4.17. The average Bonchev–Trinajstić information content (AvgIpc) is 2.50. The molecule has 68 valence electrons. The van der Waals surface area contributed by atoms with E-state index in [1.54, 1.807) is 0 Å². The molecule has 0 N–H and O–H groups in total. The molecule has 0 aromatic carbocycles. The van der Waals surface area contributed by atoms with Gasteiger partial charge in [-0.1, -0.05) is 12.1 Å². The number of thiol groups is 1. The zero-order chi connectivity index (χ0) is 8.81. The van der Waals surface area contributed by atoms with Crippen molar-refractivity contribution < 1.29 is 0 Å². The molecule has 0 radical (unpaired) electrons. The van der Waals surface area contributed by atoms with Gasteiger partial charge in [-0.2, -0.15) is 12.6 Å². The number of rotatable bonds is 5. The Hall–Kier alpha value is -0.510. The lowest BCUT2D eigenvalue weighted by atomic mass is 10.2. The Labute approximate surface area is 78.6 Å². The largest absolute Gasteiger partial charge is 0.249 e. The molecule has 1 rings (SSSR count). The van der Waals surface area contributed by atoms with Crippen molar-refractivity contribution in [3.8, 4) is 0 Å². The van der Waals surface area contributed by atoms with Crippen molar-refractivity contribution in [2.45, 2.75) is 32.7 Å². The second kappa shape index (κ2) is 5.19. The maximum atomic E-state index is 4.17. The van der Waals surface area contributed by atoms with E-state index >= 15 is 0 Å². The van der Waals surface area contributed by atoms with Crippen LogP contribution in [0.5, 0.6) is 0 Å². The van der Waals surface area contributed by atoms with Crippen molar-refractivity contribution in [3.63, 3.8) is 0 Å². The summed E-state index contributed by atoms with van der Waals surface area (Å²) < 4.78 is 1.98. The fraction of sp³-hybridized carbons (Fsp3) is 0.750. The number of hydrogen-bond donors (Lipinski definition) is 1. The topological polar surface area (TPSA) is 30.7 Å². The van der Waals surface area contributed by atoms with E-state index < -0.39 is 0 Å². The highest BCUT2D eigenvalue weighted by Gasteiger charge is 2.00. The fourth-order valence-corrected chi connectivity index (χ4v) is 1.29. The molecule has 12 heavy (non-hydrogen) atoms. The van der Waals surface area contributed by atoms with Crippen LogP contribution >= 0.6 is 12.6 Å². The normalized spacial score (nSPS) is 10.5. The molecule has 1 aromatic rings. The first-order valence-corrected chi connectivity index (χ1v) is 5.00. The summed E-state index contributed by atoms with van der Waals surface area (Å²) in [6, 6.07) is 0. The van der Waals surface area contributed by atoms with Crippen molar-refractivity contribution in [1.29, 1.82) is 0 Å². The van der Waals surface area contributed by atoms with Crippen LogP contribution in [0.4, 0.5) is 0 Å². The third-order valence-electron chi connectivity index (χ3n) is 1.72. The molecule has 0 aliphatic rings. The van der Waals surface area contributed by atoms with E-state index in [1.807, 2.05) is 10.9 Å². The molecule has 3 nitrogen and oxygen atoms in total. The van der Waals surface area contributed by atoms with Crippen LogP contribution in [0.25, 0.3) is 0 Å². The van der Waals surface area contributed by atoms with Crippen LogP contribution in [0.2, 0.25) is 0 Å². The van der Waals surface area contributed by atoms with Crippen molar-refractivity contribution in [3.05, 3.63) is 11.9 Å². The summed E-state index contributed by atoms with van der Waals surface area (Å²) in [5.41, 5.74) is 1.23. The summed E-state index contributed by atoms with van der Waals surface area (Å²) in [7, 11) is 0. The van der Waals surface area contributed by atoms with Gasteiger partial charge in [0.15, 0.2) is 0 Å². The summed E-state index contributed by atoms with van der Waals surface area (Å²) in [5, 5.41) is 7.88. The van der Waals surface area contributed by atoms with E-state index in [0.717, 1.165) is 31.6 Å². The Morgan fingerprint density at radius 1 is 1.58 bits per heavy atom. The van der Waals surface area contributed by atoms with E-state index in [-0.39, 0.29) is 0 Å². The third-order valence-corrected chi connectivity index (χ3v) is 2.04. The minimum Gasteiger partial charge on any atom is -0.249 e. The molecule has 0 aliphatic heterocycles. The monoisotopic (exact) mass is 185 g/mol. The van der Waals surface area contributed by atoms with Gasteiger partial charge < -0.3 is 0 Å². The third kappa shape index (κ3) is 2.52. The highest BCUT2D eigenvalue weighted by molar-refractivity contribution is 7.80. The SMILES string of the molecule is CCCn1nncc1CCCS.